The van der Waals surface area contributed by atoms with Crippen molar-refractivity contribution in [2.45, 2.75) is 38.5 Å². The summed E-state index contributed by atoms with van der Waals surface area (Å²) in [6.07, 6.45) is 5.48. The number of fused-ring (bicyclic) bond motifs is 1. The Morgan fingerprint density at radius 1 is 1.44 bits per heavy atom. The lowest BCUT2D eigenvalue weighted by Gasteiger charge is -2.24. The Morgan fingerprint density at radius 3 is 3.06 bits per heavy atom. The van der Waals surface area contributed by atoms with E-state index in [1.807, 2.05) is 13.3 Å². The SMILES string of the molecule is CC(N)c1ccc2c(c1)ncn2C1CCCCO1. The normalized spacial score (nSPS) is 22.2. The largest absolute Gasteiger partial charge is 0.358 e. The number of benzene rings is 1. The predicted molar refractivity (Wildman–Crippen MR) is 71.2 cm³/mol. The van der Waals surface area contributed by atoms with Gasteiger partial charge in [-0.15, -0.1) is 0 Å². The first-order chi connectivity index (χ1) is 8.75. The molecule has 0 saturated carbocycles. The van der Waals surface area contributed by atoms with Crippen LogP contribution in [0.5, 0.6) is 0 Å². The highest BCUT2D eigenvalue weighted by Gasteiger charge is 2.17. The summed E-state index contributed by atoms with van der Waals surface area (Å²) >= 11 is 0. The summed E-state index contributed by atoms with van der Waals surface area (Å²) in [4.78, 5) is 4.46. The molecule has 1 aromatic carbocycles. The summed E-state index contributed by atoms with van der Waals surface area (Å²) < 4.78 is 7.94. The van der Waals surface area contributed by atoms with E-state index in [2.05, 4.69) is 27.8 Å². The van der Waals surface area contributed by atoms with Crippen LogP contribution in [0.3, 0.4) is 0 Å². The third-order valence-corrected chi connectivity index (χ3v) is 3.59. The number of hydrogen-bond acceptors (Lipinski definition) is 3. The maximum atomic E-state index is 5.90. The predicted octanol–water partition coefficient (Wildman–Crippen LogP) is 2.76. The fraction of sp³-hybridized carbons (Fsp3) is 0.500. The second-order valence-electron chi connectivity index (χ2n) is 5.01. The lowest BCUT2D eigenvalue weighted by atomic mass is 10.1. The molecular formula is C14H19N3O. The minimum Gasteiger partial charge on any atom is -0.358 e. The molecule has 1 fully saturated rings. The molecule has 2 atom stereocenters. The summed E-state index contributed by atoms with van der Waals surface area (Å²) in [5.41, 5.74) is 9.15. The van der Waals surface area contributed by atoms with Crippen molar-refractivity contribution in [1.29, 1.82) is 0 Å². The summed E-state index contributed by atoms with van der Waals surface area (Å²) in [5.74, 6) is 0. The van der Waals surface area contributed by atoms with Crippen LogP contribution in [0.1, 0.15) is 44.0 Å². The number of ether oxygens (including phenoxy) is 1. The van der Waals surface area contributed by atoms with Crippen LogP contribution >= 0.6 is 0 Å². The van der Waals surface area contributed by atoms with Gasteiger partial charge in [0.25, 0.3) is 0 Å². The molecule has 0 bridgehead atoms. The highest BCUT2D eigenvalue weighted by atomic mass is 16.5. The smallest absolute Gasteiger partial charge is 0.135 e. The van der Waals surface area contributed by atoms with Crippen LogP contribution in [-0.4, -0.2) is 16.2 Å². The van der Waals surface area contributed by atoms with Crippen LogP contribution < -0.4 is 5.73 Å². The zero-order valence-corrected chi connectivity index (χ0v) is 10.7. The van der Waals surface area contributed by atoms with Gasteiger partial charge < -0.3 is 15.0 Å². The van der Waals surface area contributed by atoms with Crippen LogP contribution in [0.25, 0.3) is 11.0 Å². The number of imidazole rings is 1. The molecule has 96 valence electrons. The van der Waals surface area contributed by atoms with Crippen LogP contribution in [0.15, 0.2) is 24.5 Å². The van der Waals surface area contributed by atoms with Gasteiger partial charge in [0.1, 0.15) is 6.23 Å². The number of nitrogens with zero attached hydrogens (tertiary/aromatic N) is 2. The molecule has 1 aromatic heterocycles. The van der Waals surface area contributed by atoms with Gasteiger partial charge in [0.05, 0.1) is 17.4 Å². The van der Waals surface area contributed by atoms with E-state index in [0.717, 1.165) is 36.0 Å². The van der Waals surface area contributed by atoms with Crippen molar-refractivity contribution in [2.24, 2.45) is 5.73 Å². The molecule has 0 spiro atoms. The molecule has 0 radical (unpaired) electrons. The second-order valence-corrected chi connectivity index (χ2v) is 5.01. The molecular weight excluding hydrogens is 226 g/mol. The number of aromatic nitrogens is 2. The Morgan fingerprint density at radius 2 is 2.33 bits per heavy atom. The molecule has 2 heterocycles. The van der Waals surface area contributed by atoms with E-state index in [0.29, 0.717) is 0 Å². The molecule has 4 heteroatoms. The average Bonchev–Trinajstić information content (AvgIpc) is 2.82. The summed E-state index contributed by atoms with van der Waals surface area (Å²) in [6, 6.07) is 6.29. The molecule has 1 aliphatic rings. The zero-order valence-electron chi connectivity index (χ0n) is 10.7. The van der Waals surface area contributed by atoms with Gasteiger partial charge >= 0.3 is 0 Å². The first kappa shape index (κ1) is 11.7. The molecule has 4 nitrogen and oxygen atoms in total. The van der Waals surface area contributed by atoms with E-state index in [1.54, 1.807) is 0 Å². The van der Waals surface area contributed by atoms with Gasteiger partial charge in [0.2, 0.25) is 0 Å². The fourth-order valence-electron chi connectivity index (χ4n) is 2.50. The van der Waals surface area contributed by atoms with Crippen molar-refractivity contribution < 1.29 is 4.74 Å². The number of rotatable bonds is 2. The topological polar surface area (TPSA) is 53.1 Å². The van der Waals surface area contributed by atoms with Gasteiger partial charge in [0.15, 0.2) is 0 Å². The standard InChI is InChI=1S/C14H19N3O/c1-10(15)11-5-6-13-12(8-11)16-9-17(13)14-4-2-3-7-18-14/h5-6,8-10,14H,2-4,7,15H2,1H3. The van der Waals surface area contributed by atoms with Gasteiger partial charge in [-0.1, -0.05) is 6.07 Å². The van der Waals surface area contributed by atoms with Crippen molar-refractivity contribution in [1.82, 2.24) is 9.55 Å². The van der Waals surface area contributed by atoms with Crippen molar-refractivity contribution >= 4 is 11.0 Å². The van der Waals surface area contributed by atoms with Crippen LogP contribution in [-0.2, 0) is 4.74 Å². The Bertz CT molecular complexity index is 541. The Hall–Kier alpha value is -1.39. The van der Waals surface area contributed by atoms with E-state index in [-0.39, 0.29) is 12.3 Å². The van der Waals surface area contributed by atoms with Crippen molar-refractivity contribution in [3.8, 4) is 0 Å². The van der Waals surface area contributed by atoms with E-state index in [4.69, 9.17) is 10.5 Å². The number of hydrogen-bond donors (Lipinski definition) is 1. The fourth-order valence-corrected chi connectivity index (χ4v) is 2.50. The quantitative estimate of drug-likeness (QED) is 0.885. The van der Waals surface area contributed by atoms with Crippen molar-refractivity contribution in [3.05, 3.63) is 30.1 Å². The zero-order chi connectivity index (χ0) is 12.5. The third-order valence-electron chi connectivity index (χ3n) is 3.59. The van der Waals surface area contributed by atoms with Gasteiger partial charge in [-0.25, -0.2) is 4.98 Å². The van der Waals surface area contributed by atoms with Crippen LogP contribution in [0.2, 0.25) is 0 Å². The van der Waals surface area contributed by atoms with Crippen LogP contribution in [0, 0.1) is 0 Å². The van der Waals surface area contributed by atoms with Gasteiger partial charge in [-0.05, 0) is 43.9 Å². The van der Waals surface area contributed by atoms with Crippen molar-refractivity contribution in [2.75, 3.05) is 6.61 Å². The van der Waals surface area contributed by atoms with Gasteiger partial charge in [0, 0.05) is 12.6 Å². The van der Waals surface area contributed by atoms with E-state index in [1.165, 1.54) is 6.42 Å². The van der Waals surface area contributed by atoms with Crippen LogP contribution in [0.4, 0.5) is 0 Å². The third kappa shape index (κ3) is 2.02. The lowest BCUT2D eigenvalue weighted by Crippen LogP contribution is -2.17. The van der Waals surface area contributed by atoms with Crippen molar-refractivity contribution in [3.63, 3.8) is 0 Å². The number of nitrogens with two attached hydrogens (primary N) is 1. The highest BCUT2D eigenvalue weighted by Crippen LogP contribution is 2.27. The molecule has 2 aromatic rings. The minimum atomic E-state index is 0.0467. The molecule has 18 heavy (non-hydrogen) atoms. The molecule has 0 amide bonds. The van der Waals surface area contributed by atoms with Gasteiger partial charge in [-0.3, -0.25) is 0 Å². The summed E-state index contributed by atoms with van der Waals surface area (Å²) in [5, 5.41) is 0. The molecule has 2 unspecified atom stereocenters. The molecule has 2 N–H and O–H groups in total. The Kier molecular flexibility index (Phi) is 3.06. The summed E-state index contributed by atoms with van der Waals surface area (Å²) in [7, 11) is 0. The first-order valence-corrected chi connectivity index (χ1v) is 6.59. The van der Waals surface area contributed by atoms with E-state index >= 15 is 0 Å². The first-order valence-electron chi connectivity index (χ1n) is 6.59. The lowest BCUT2D eigenvalue weighted by molar-refractivity contribution is -0.0295. The van der Waals surface area contributed by atoms with Gasteiger partial charge in [-0.2, -0.15) is 0 Å². The maximum Gasteiger partial charge on any atom is 0.135 e. The Balaban J connectivity index is 1.98. The molecule has 1 aliphatic heterocycles. The van der Waals surface area contributed by atoms with E-state index < -0.39 is 0 Å². The molecule has 1 saturated heterocycles. The highest BCUT2D eigenvalue weighted by molar-refractivity contribution is 5.76. The monoisotopic (exact) mass is 245 g/mol. The average molecular weight is 245 g/mol. The minimum absolute atomic E-state index is 0.0467. The maximum absolute atomic E-state index is 5.90. The second kappa shape index (κ2) is 4.71. The Labute approximate surface area is 107 Å². The summed E-state index contributed by atoms with van der Waals surface area (Å²) in [6.45, 7) is 2.84. The molecule has 0 aliphatic carbocycles. The molecule has 3 rings (SSSR count). The van der Waals surface area contributed by atoms with E-state index in [9.17, 15) is 0 Å².